The monoisotopic (exact) mass is 234 g/mol. The first kappa shape index (κ1) is 11.2. The van der Waals surface area contributed by atoms with E-state index in [-0.39, 0.29) is 7.92 Å². The van der Waals surface area contributed by atoms with E-state index < -0.39 is 0 Å². The normalized spacial score (nSPS) is 10.6. The van der Waals surface area contributed by atoms with Crippen molar-refractivity contribution in [1.29, 1.82) is 0 Å². The van der Waals surface area contributed by atoms with Crippen LogP contribution in [0.1, 0.15) is 5.56 Å². The van der Waals surface area contributed by atoms with Crippen molar-refractivity contribution in [3.05, 3.63) is 36.0 Å². The molecule has 1 aromatic carbocycles. The van der Waals surface area contributed by atoms with Crippen LogP contribution in [-0.4, -0.2) is 21.8 Å². The molecule has 2 aromatic rings. The molecule has 0 spiro atoms. The number of aromatic amines is 1. The Hall–Kier alpha value is -1.31. The Morgan fingerprint density at radius 1 is 1.44 bits per heavy atom. The Balaban J connectivity index is 2.15. The summed E-state index contributed by atoms with van der Waals surface area (Å²) in [5, 5.41) is 11.2. The van der Waals surface area contributed by atoms with Crippen molar-refractivity contribution in [2.45, 2.75) is 6.42 Å². The molecule has 0 unspecified atom stereocenters. The Kier molecular flexibility index (Phi) is 3.60. The summed E-state index contributed by atoms with van der Waals surface area (Å²) in [5.74, 6) is 2.25. The predicted octanol–water partition coefficient (Wildman–Crippen LogP) is 2.61. The zero-order chi connectivity index (χ0) is 11.4. The van der Waals surface area contributed by atoms with Gasteiger partial charge in [0.25, 0.3) is 0 Å². The van der Waals surface area contributed by atoms with Crippen LogP contribution >= 0.6 is 7.92 Å². The van der Waals surface area contributed by atoms with Gasteiger partial charge >= 0.3 is 93.4 Å². The Labute approximate surface area is 94.0 Å². The van der Waals surface area contributed by atoms with Gasteiger partial charge in [0.1, 0.15) is 0 Å². The average Bonchev–Trinajstić information content (AvgIpc) is 2.70. The summed E-state index contributed by atoms with van der Waals surface area (Å²) in [4.78, 5) is 3.16. The summed E-state index contributed by atoms with van der Waals surface area (Å²) < 4.78 is 10.2. The molecule has 2 N–H and O–H groups in total. The third-order valence-electron chi connectivity index (χ3n) is 2.42. The molecular weight excluding hydrogens is 223 g/mol. The number of benzene rings is 1. The average molecular weight is 234 g/mol. The van der Waals surface area contributed by atoms with Crippen molar-refractivity contribution in [1.82, 2.24) is 10.0 Å². The maximum absolute atomic E-state index is 10.2. The van der Waals surface area contributed by atoms with E-state index in [9.17, 15) is 9.77 Å². The molecule has 16 heavy (non-hydrogen) atoms. The molecule has 0 radical (unpaired) electrons. The summed E-state index contributed by atoms with van der Waals surface area (Å²) in [6, 6.07) is 7.98. The van der Waals surface area contributed by atoms with Gasteiger partial charge < -0.3 is 0 Å². The molecule has 0 aliphatic rings. The molecule has 0 saturated carbocycles. The van der Waals surface area contributed by atoms with E-state index in [1.165, 1.54) is 0 Å². The molecule has 4 nitrogen and oxygen atoms in total. The zero-order valence-electron chi connectivity index (χ0n) is 8.55. The van der Waals surface area contributed by atoms with Gasteiger partial charge in [0, 0.05) is 0 Å². The van der Waals surface area contributed by atoms with Gasteiger partial charge in [-0.25, -0.2) is 0 Å². The molecule has 5 heteroatoms. The molecule has 2 rings (SSSR count). The second kappa shape index (κ2) is 5.15. The number of H-pyrrole nitrogens is 1. The van der Waals surface area contributed by atoms with Crippen LogP contribution in [0, 0.1) is 5.75 Å². The van der Waals surface area contributed by atoms with E-state index in [0.717, 1.165) is 21.5 Å². The number of fused-ring (bicyclic) bond motifs is 1. The number of hydroxylamine groups is 2. The van der Waals surface area contributed by atoms with E-state index in [1.54, 1.807) is 0 Å². The second-order valence-corrected chi connectivity index (χ2v) is 3.81. The minimum atomic E-state index is -0.309. The van der Waals surface area contributed by atoms with Crippen molar-refractivity contribution in [2.75, 3.05) is 6.54 Å². The quantitative estimate of drug-likeness (QED) is 0.487. The molecular formula is C11H11N2O2P. The molecule has 0 aliphatic carbocycles. The molecule has 0 saturated heterocycles. The van der Waals surface area contributed by atoms with E-state index in [0.29, 0.717) is 13.0 Å². The number of aromatic nitrogens is 1. The number of nitrogens with one attached hydrogen (secondary N) is 1. The fraction of sp³-hybridized carbons (Fsp3) is 0.182. The van der Waals surface area contributed by atoms with E-state index >= 15 is 0 Å². The Bertz CT molecular complexity index is 588. The van der Waals surface area contributed by atoms with Crippen LogP contribution in [0.2, 0.25) is 0 Å². The molecule has 0 bridgehead atoms. The fourth-order valence-electron chi connectivity index (χ4n) is 1.66. The van der Waals surface area contributed by atoms with Crippen LogP contribution < -0.4 is 0 Å². The third-order valence-corrected chi connectivity index (χ3v) is 2.74. The zero-order valence-corrected chi connectivity index (χ0v) is 9.45. The number of rotatable bonds is 3. The van der Waals surface area contributed by atoms with Crippen LogP contribution in [0.15, 0.2) is 30.5 Å². The van der Waals surface area contributed by atoms with Crippen molar-refractivity contribution in [2.24, 2.45) is 0 Å². The van der Waals surface area contributed by atoms with Gasteiger partial charge in [0.2, 0.25) is 0 Å². The Morgan fingerprint density at radius 2 is 2.25 bits per heavy atom. The maximum atomic E-state index is 10.2. The standard InChI is InChI=1S/C11H11N2O2P/c14-13(8-16-15)6-5-9-7-12-11-4-2-1-3-10(9)11/h1-4,7,12,14H,5-6H2. The second-order valence-electron chi connectivity index (χ2n) is 3.42. The van der Waals surface area contributed by atoms with Crippen LogP contribution in [0.3, 0.4) is 0 Å². The van der Waals surface area contributed by atoms with E-state index in [1.807, 2.05) is 30.5 Å². The molecule has 0 fully saturated rings. The number of hydrogen-bond donors (Lipinski definition) is 2. The summed E-state index contributed by atoms with van der Waals surface area (Å²) >= 11 is 0. The summed E-state index contributed by atoms with van der Waals surface area (Å²) in [6.07, 6.45) is 2.59. The van der Waals surface area contributed by atoms with Gasteiger partial charge in [-0.05, 0) is 0 Å². The molecule has 0 aliphatic heterocycles. The first-order chi connectivity index (χ1) is 7.81. The van der Waals surface area contributed by atoms with Crippen molar-refractivity contribution < 1.29 is 9.77 Å². The predicted molar refractivity (Wildman–Crippen MR) is 62.0 cm³/mol. The minimum absolute atomic E-state index is 0.309. The summed E-state index contributed by atoms with van der Waals surface area (Å²) in [5.41, 5.74) is 2.20. The fourth-order valence-corrected chi connectivity index (χ4v) is 1.86. The van der Waals surface area contributed by atoms with Gasteiger partial charge in [-0.2, -0.15) is 0 Å². The van der Waals surface area contributed by atoms with Gasteiger partial charge in [-0.15, -0.1) is 0 Å². The van der Waals surface area contributed by atoms with Gasteiger partial charge in [0.15, 0.2) is 0 Å². The Morgan fingerprint density at radius 3 is 3.06 bits per heavy atom. The number of nitrogens with zero attached hydrogens (tertiary/aromatic N) is 1. The van der Waals surface area contributed by atoms with Crippen molar-refractivity contribution in [3.63, 3.8) is 0 Å². The van der Waals surface area contributed by atoms with Gasteiger partial charge in [0.05, 0.1) is 0 Å². The SMILES string of the molecule is O=P#CN(O)CCc1c[nH]c2ccccc12. The summed E-state index contributed by atoms with van der Waals surface area (Å²) in [6.45, 7) is 0.372. The van der Waals surface area contributed by atoms with Crippen LogP contribution in [0.5, 0.6) is 0 Å². The van der Waals surface area contributed by atoms with E-state index in [4.69, 9.17) is 0 Å². The van der Waals surface area contributed by atoms with Crippen molar-refractivity contribution >= 4 is 18.8 Å². The molecule has 82 valence electrons. The topological polar surface area (TPSA) is 56.3 Å². The van der Waals surface area contributed by atoms with Crippen LogP contribution in [0.25, 0.3) is 10.9 Å². The van der Waals surface area contributed by atoms with Crippen LogP contribution in [0.4, 0.5) is 0 Å². The van der Waals surface area contributed by atoms with Crippen molar-refractivity contribution in [3.8, 4) is 5.75 Å². The number of hydrogen-bond acceptors (Lipinski definition) is 3. The van der Waals surface area contributed by atoms with E-state index in [2.05, 4.69) is 10.7 Å². The molecule has 1 aromatic heterocycles. The van der Waals surface area contributed by atoms with Gasteiger partial charge in [-0.3, -0.25) is 0 Å². The molecule has 1 heterocycles. The molecule has 0 amide bonds. The first-order valence-electron chi connectivity index (χ1n) is 4.90. The number of para-hydroxylation sites is 1. The summed E-state index contributed by atoms with van der Waals surface area (Å²) in [7, 11) is -0.309. The first-order valence-corrected chi connectivity index (χ1v) is 5.72. The van der Waals surface area contributed by atoms with Gasteiger partial charge in [-0.1, -0.05) is 0 Å². The molecule has 0 atom stereocenters. The third kappa shape index (κ3) is 2.43. The van der Waals surface area contributed by atoms with Crippen LogP contribution in [-0.2, 0) is 11.0 Å².